The van der Waals surface area contributed by atoms with Crippen LogP contribution in [-0.4, -0.2) is 92.8 Å². The summed E-state index contributed by atoms with van der Waals surface area (Å²) in [4.78, 5) is 48.2. The van der Waals surface area contributed by atoms with E-state index in [4.69, 9.17) is 31.0 Å². The van der Waals surface area contributed by atoms with Crippen molar-refractivity contribution < 1.29 is 46.3 Å². The van der Waals surface area contributed by atoms with Crippen LogP contribution in [0.3, 0.4) is 0 Å². The van der Waals surface area contributed by atoms with Gasteiger partial charge < -0.3 is 36.8 Å². The largest absolute Gasteiger partial charge is 0.485 e. The van der Waals surface area contributed by atoms with E-state index in [1.54, 1.807) is 18.2 Å². The summed E-state index contributed by atoms with van der Waals surface area (Å²) in [5, 5.41) is 29.9. The van der Waals surface area contributed by atoms with Crippen molar-refractivity contribution in [3.05, 3.63) is 40.4 Å². The number of nitrogens with two attached hydrogens (primary N) is 2. The molecule has 20 heteroatoms. The lowest BCUT2D eigenvalue weighted by Crippen LogP contribution is -2.76. The molecule has 0 unspecified atom stereocenters. The van der Waals surface area contributed by atoms with Gasteiger partial charge in [0.2, 0.25) is 0 Å². The predicted molar refractivity (Wildman–Crippen MR) is 166 cm³/mol. The number of nitrogen functional groups attached to an aromatic ring is 1. The molecule has 1 saturated heterocycles. The second-order valence-electron chi connectivity index (χ2n) is 12.1. The Hall–Kier alpha value is -4.37. The van der Waals surface area contributed by atoms with Gasteiger partial charge in [-0.2, -0.15) is 13.5 Å². The monoisotopic (exact) mass is 694 g/mol. The Labute approximate surface area is 272 Å². The molecule has 2 aliphatic heterocycles. The first-order valence-corrected chi connectivity index (χ1v) is 16.6. The molecule has 0 radical (unpaired) electrons. The van der Waals surface area contributed by atoms with Crippen molar-refractivity contribution >= 4 is 56.2 Å². The highest BCUT2D eigenvalue weighted by Crippen LogP contribution is 2.35. The first-order valence-electron chi connectivity index (χ1n) is 14.3. The highest BCUT2D eigenvalue weighted by Gasteiger charge is 2.58. The number of nitrogens with one attached hydrogen (secondary N) is 3. The number of aryl methyl sites for hydroxylation is 1. The van der Waals surface area contributed by atoms with Gasteiger partial charge in [0.05, 0.1) is 5.54 Å². The van der Waals surface area contributed by atoms with Crippen LogP contribution in [0.25, 0.3) is 0 Å². The van der Waals surface area contributed by atoms with Crippen molar-refractivity contribution in [2.45, 2.75) is 81.8 Å². The standard InChI is InChI=1S/C27H34N8O10S2/c1-26(2)20(23(37)35(26)45-47(40,41)42)33-22(36)19(16-11-46-25(30)32-16)34-44-27(3,24(38)39)18-7-5-12-8-13(4-6-17(12)43-18)21(29)31-15-9-14(28)10-15/h4,6,8,11,14-15,18,20H,5,7,9-10,28H2,1-3H3,(H2,29,31)(H2,30,32)(H,33,36)(H,38,39)(H,40,41,42)/b34-19-/t14-,15+,18-,20-,27+/m1/s1. The molecule has 3 atom stereocenters. The van der Waals surface area contributed by atoms with Crippen LogP contribution in [0.1, 0.15) is 56.9 Å². The lowest BCUT2D eigenvalue weighted by atomic mass is 9.84. The summed E-state index contributed by atoms with van der Waals surface area (Å²) < 4.78 is 41.6. The van der Waals surface area contributed by atoms with Crippen LogP contribution in [0.15, 0.2) is 28.7 Å². The smallest absolute Gasteiger partial charge is 0.418 e. The lowest BCUT2D eigenvalue weighted by Gasteiger charge is -2.50. The summed E-state index contributed by atoms with van der Waals surface area (Å²) in [7, 11) is -5.03. The Morgan fingerprint density at radius 2 is 2.00 bits per heavy atom. The van der Waals surface area contributed by atoms with Crippen molar-refractivity contribution in [3.8, 4) is 5.75 Å². The summed E-state index contributed by atoms with van der Waals surface area (Å²) in [6.45, 7) is 3.97. The van der Waals surface area contributed by atoms with Crippen molar-refractivity contribution in [1.29, 1.82) is 5.41 Å². The first-order chi connectivity index (χ1) is 21.9. The number of carbonyl (C=O) groups is 3. The van der Waals surface area contributed by atoms with Crippen LogP contribution in [0.2, 0.25) is 0 Å². The van der Waals surface area contributed by atoms with Crippen LogP contribution in [0.5, 0.6) is 5.75 Å². The number of ether oxygens (including phenoxy) is 1. The second-order valence-corrected chi connectivity index (χ2v) is 14.0. The minimum Gasteiger partial charge on any atom is -0.485 e. The molecular weight excluding hydrogens is 660 g/mol. The zero-order valence-electron chi connectivity index (χ0n) is 25.4. The molecule has 1 aromatic heterocycles. The Kier molecular flexibility index (Phi) is 8.92. The number of oxime groups is 1. The second kappa shape index (κ2) is 12.3. The summed E-state index contributed by atoms with van der Waals surface area (Å²) in [5.41, 5.74) is 8.82. The molecule has 1 aliphatic carbocycles. The van der Waals surface area contributed by atoms with Crippen molar-refractivity contribution in [2.75, 3.05) is 5.73 Å². The van der Waals surface area contributed by atoms with Gasteiger partial charge in [-0.25, -0.2) is 9.78 Å². The number of fused-ring (bicyclic) bond motifs is 1. The fraction of sp³-hybridized carbons (Fsp3) is 0.481. The molecule has 2 fully saturated rings. The topological polar surface area (TPSA) is 282 Å². The van der Waals surface area contributed by atoms with Crippen LogP contribution < -0.4 is 26.8 Å². The normalized spacial score (nSPS) is 24.8. The third kappa shape index (κ3) is 6.86. The maximum atomic E-state index is 13.4. The molecule has 18 nitrogen and oxygen atoms in total. The third-order valence-electron chi connectivity index (χ3n) is 8.28. The third-order valence-corrected chi connectivity index (χ3v) is 9.30. The van der Waals surface area contributed by atoms with Crippen LogP contribution >= 0.6 is 11.3 Å². The van der Waals surface area contributed by atoms with E-state index in [0.29, 0.717) is 22.8 Å². The van der Waals surface area contributed by atoms with E-state index in [-0.39, 0.29) is 35.2 Å². The highest BCUT2D eigenvalue weighted by atomic mass is 32.3. The molecule has 2 amide bonds. The molecule has 0 bridgehead atoms. The van der Waals surface area contributed by atoms with Crippen molar-refractivity contribution in [2.24, 2.45) is 10.9 Å². The molecule has 1 aromatic carbocycles. The van der Waals surface area contributed by atoms with E-state index in [2.05, 4.69) is 25.1 Å². The van der Waals surface area contributed by atoms with Crippen LogP contribution in [-0.2, 0) is 40.3 Å². The lowest BCUT2D eigenvalue weighted by molar-refractivity contribution is -0.218. The zero-order chi connectivity index (χ0) is 34.5. The zero-order valence-corrected chi connectivity index (χ0v) is 27.1. The molecule has 254 valence electrons. The Morgan fingerprint density at radius 1 is 1.30 bits per heavy atom. The van der Waals surface area contributed by atoms with Gasteiger partial charge in [-0.15, -0.1) is 15.6 Å². The number of carbonyl (C=O) groups excluding carboxylic acids is 2. The molecule has 5 rings (SSSR count). The molecule has 1 saturated carbocycles. The van der Waals surface area contributed by atoms with E-state index < -0.39 is 57.2 Å². The molecule has 9 N–H and O–H groups in total. The summed E-state index contributed by atoms with van der Waals surface area (Å²) in [5.74, 6) is -2.81. The maximum Gasteiger partial charge on any atom is 0.418 e. The quantitative estimate of drug-likeness (QED) is 0.0533. The molecule has 3 aliphatic rings. The Balaban J connectivity index is 1.33. The van der Waals surface area contributed by atoms with Gasteiger partial charge in [0.1, 0.15) is 23.3 Å². The number of thiazole rings is 1. The SMILES string of the molecule is CC1(C)[C@H](NC(=O)/C(=N\O[C@](C)(C(=O)O)[C@H]2CCc3cc(C(=N)N[C@H]4C[C@@H](N)C4)ccc3O2)c2csc(N)n2)C(=O)N1OS(=O)(=O)O. The average molecular weight is 695 g/mol. The van der Waals surface area contributed by atoms with Crippen LogP contribution in [0, 0.1) is 5.41 Å². The maximum absolute atomic E-state index is 13.4. The van der Waals surface area contributed by atoms with Gasteiger partial charge in [0, 0.05) is 23.0 Å². The molecule has 3 heterocycles. The van der Waals surface area contributed by atoms with E-state index in [9.17, 15) is 27.9 Å². The first kappa shape index (κ1) is 34.0. The molecular formula is C27H34N8O10S2. The number of amides is 2. The van der Waals surface area contributed by atoms with Gasteiger partial charge in [-0.3, -0.25) is 19.6 Å². The van der Waals surface area contributed by atoms with Crippen molar-refractivity contribution in [3.63, 3.8) is 0 Å². The van der Waals surface area contributed by atoms with Gasteiger partial charge in [-0.1, -0.05) is 5.16 Å². The van der Waals surface area contributed by atoms with E-state index in [1.807, 2.05) is 0 Å². The number of hydrogen-bond acceptors (Lipinski definition) is 14. The average Bonchev–Trinajstić information content (AvgIpc) is 3.42. The summed E-state index contributed by atoms with van der Waals surface area (Å²) in [6, 6.07) is 4.08. The predicted octanol–water partition coefficient (Wildman–Crippen LogP) is -0.0722. The number of hydroxylamine groups is 2. The fourth-order valence-electron chi connectivity index (χ4n) is 5.40. The molecule has 47 heavy (non-hydrogen) atoms. The number of β-lactam (4-membered cyclic amide) rings is 1. The number of rotatable bonds is 11. The summed E-state index contributed by atoms with van der Waals surface area (Å²) in [6.07, 6.45) is 1.08. The van der Waals surface area contributed by atoms with Gasteiger partial charge in [-0.05, 0) is 70.2 Å². The number of carboxylic acid groups (broad SMARTS) is 1. The van der Waals surface area contributed by atoms with E-state index >= 15 is 0 Å². The number of aliphatic carboxylic acids is 1. The number of anilines is 1. The minimum atomic E-state index is -5.03. The summed E-state index contributed by atoms with van der Waals surface area (Å²) >= 11 is 0.961. The van der Waals surface area contributed by atoms with Crippen LogP contribution in [0.4, 0.5) is 5.13 Å². The van der Waals surface area contributed by atoms with Gasteiger partial charge in [0.15, 0.2) is 16.9 Å². The van der Waals surface area contributed by atoms with E-state index in [0.717, 1.165) is 29.7 Å². The van der Waals surface area contributed by atoms with Gasteiger partial charge in [0.25, 0.3) is 17.4 Å². The number of aromatic nitrogens is 1. The Bertz CT molecular complexity index is 1760. The molecule has 0 spiro atoms. The minimum absolute atomic E-state index is 0.0559. The number of carboxylic acids is 1. The number of nitrogens with zero attached hydrogens (tertiary/aromatic N) is 3. The van der Waals surface area contributed by atoms with Gasteiger partial charge >= 0.3 is 16.4 Å². The highest BCUT2D eigenvalue weighted by molar-refractivity contribution is 7.80. The Morgan fingerprint density at radius 3 is 2.57 bits per heavy atom. The molecule has 2 aromatic rings. The number of amidine groups is 1. The van der Waals surface area contributed by atoms with Crippen molar-refractivity contribution in [1.82, 2.24) is 20.7 Å². The fourth-order valence-corrected chi connectivity index (χ4v) is 6.40. The number of hydrogen-bond donors (Lipinski definition) is 7. The van der Waals surface area contributed by atoms with E-state index in [1.165, 1.54) is 26.2 Å². The number of benzene rings is 1.